The van der Waals surface area contributed by atoms with E-state index in [1.165, 1.54) is 4.90 Å². The number of hydrogen-bond acceptors (Lipinski definition) is 9. The van der Waals surface area contributed by atoms with Crippen LogP contribution in [0.2, 0.25) is 0 Å². The molecule has 1 aliphatic heterocycles. The van der Waals surface area contributed by atoms with Crippen molar-refractivity contribution in [1.82, 2.24) is 20.5 Å². The molecule has 0 aliphatic carbocycles. The largest absolute Gasteiger partial charge is 0.492 e. The number of primary amides is 1. The zero-order valence-corrected chi connectivity index (χ0v) is 32.8. The van der Waals surface area contributed by atoms with Gasteiger partial charge in [0.2, 0.25) is 23.6 Å². The minimum atomic E-state index is -0.866. The fourth-order valence-electron chi connectivity index (χ4n) is 6.21. The minimum Gasteiger partial charge on any atom is -0.492 e. The summed E-state index contributed by atoms with van der Waals surface area (Å²) in [4.78, 5) is 58.2. The van der Waals surface area contributed by atoms with Crippen LogP contribution in [0.5, 0.6) is 5.75 Å². The van der Waals surface area contributed by atoms with E-state index in [0.717, 1.165) is 46.5 Å². The molecule has 0 spiro atoms. The number of nitrogens with one attached hydrogen (secondary N) is 2. The molecular weight excluding hydrogens is 716 g/mol. The average molecular weight is 771 g/mol. The van der Waals surface area contributed by atoms with E-state index in [4.69, 9.17) is 16.2 Å². The zero-order valence-electron chi connectivity index (χ0n) is 31.1. The third-order valence-corrected chi connectivity index (χ3v) is 10.2. The third kappa shape index (κ3) is 13.4. The Balaban J connectivity index is 0.00000756. The molecule has 1 aromatic heterocycles. The molecule has 14 heteroatoms. The Labute approximate surface area is 322 Å². The molecule has 4 atom stereocenters. The van der Waals surface area contributed by atoms with Crippen molar-refractivity contribution in [3.8, 4) is 16.2 Å². The molecule has 2 aromatic carbocycles. The van der Waals surface area contributed by atoms with Crippen LogP contribution in [-0.4, -0.2) is 76.0 Å². The highest BCUT2D eigenvalue weighted by atomic mass is 35.5. The Kier molecular flexibility index (Phi) is 16.7. The molecule has 0 saturated carbocycles. The van der Waals surface area contributed by atoms with Gasteiger partial charge in [0.15, 0.2) is 0 Å². The van der Waals surface area contributed by atoms with Crippen molar-refractivity contribution in [3.63, 3.8) is 0 Å². The molecule has 53 heavy (non-hydrogen) atoms. The lowest BCUT2D eigenvalue weighted by Crippen LogP contribution is -2.57. The first-order valence-corrected chi connectivity index (χ1v) is 18.9. The van der Waals surface area contributed by atoms with Crippen molar-refractivity contribution < 1.29 is 29.0 Å². The number of nitrogens with zero attached hydrogens (tertiary/aromatic N) is 2. The number of thiazole rings is 1. The number of aliphatic hydroxyl groups excluding tert-OH is 1. The van der Waals surface area contributed by atoms with Crippen LogP contribution in [0.4, 0.5) is 0 Å². The lowest BCUT2D eigenvalue weighted by Gasteiger charge is -2.35. The fraction of sp³-hybridized carbons (Fsp3) is 0.513. The number of likely N-dealkylation sites (tertiary alicyclic amines) is 1. The Morgan fingerprint density at radius 2 is 1.79 bits per heavy atom. The van der Waals surface area contributed by atoms with Crippen LogP contribution < -0.4 is 26.8 Å². The van der Waals surface area contributed by atoms with Crippen LogP contribution in [-0.2, 0) is 32.1 Å². The molecule has 0 unspecified atom stereocenters. The number of halogens is 1. The van der Waals surface area contributed by atoms with Crippen LogP contribution in [0.15, 0.2) is 54.0 Å². The number of unbranched alkanes of at least 4 members (excludes halogenated alkanes) is 2. The van der Waals surface area contributed by atoms with Gasteiger partial charge in [0, 0.05) is 38.4 Å². The molecule has 1 fully saturated rings. The lowest BCUT2D eigenvalue weighted by atomic mass is 9.85. The summed E-state index contributed by atoms with van der Waals surface area (Å²) in [5.74, 6) is -0.617. The molecule has 7 N–H and O–H groups in total. The van der Waals surface area contributed by atoms with E-state index in [-0.39, 0.29) is 74.4 Å². The summed E-state index contributed by atoms with van der Waals surface area (Å²) < 4.78 is 5.79. The number of aryl methyl sites for hydroxylation is 2. The van der Waals surface area contributed by atoms with Crippen molar-refractivity contribution in [3.05, 3.63) is 70.9 Å². The van der Waals surface area contributed by atoms with E-state index in [1.54, 1.807) is 11.3 Å². The van der Waals surface area contributed by atoms with Gasteiger partial charge in [-0.25, -0.2) is 4.98 Å². The maximum atomic E-state index is 13.9. The molecule has 1 saturated heterocycles. The predicted octanol–water partition coefficient (Wildman–Crippen LogP) is 4.42. The van der Waals surface area contributed by atoms with Gasteiger partial charge in [0.25, 0.3) is 0 Å². The van der Waals surface area contributed by atoms with Gasteiger partial charge in [-0.3, -0.25) is 19.2 Å². The van der Waals surface area contributed by atoms with Crippen LogP contribution in [0.1, 0.15) is 82.5 Å². The molecular formula is C39H55ClN6O6S. The fourth-order valence-corrected chi connectivity index (χ4v) is 7.02. The van der Waals surface area contributed by atoms with Gasteiger partial charge in [0.05, 0.1) is 22.2 Å². The summed E-state index contributed by atoms with van der Waals surface area (Å²) in [5, 5.41) is 16.4. The predicted molar refractivity (Wildman–Crippen MR) is 209 cm³/mol. The lowest BCUT2D eigenvalue weighted by molar-refractivity contribution is -0.144. The number of amides is 4. The van der Waals surface area contributed by atoms with Gasteiger partial charge in [-0.1, -0.05) is 63.6 Å². The van der Waals surface area contributed by atoms with Crippen molar-refractivity contribution >= 4 is 47.4 Å². The van der Waals surface area contributed by atoms with E-state index in [1.807, 2.05) is 81.7 Å². The van der Waals surface area contributed by atoms with Gasteiger partial charge in [-0.05, 0) is 66.8 Å². The Morgan fingerprint density at radius 3 is 2.45 bits per heavy atom. The number of nitrogens with two attached hydrogens (primary N) is 2. The van der Waals surface area contributed by atoms with Gasteiger partial charge < -0.3 is 36.8 Å². The number of rotatable bonds is 18. The highest BCUT2D eigenvalue weighted by Gasteiger charge is 2.44. The van der Waals surface area contributed by atoms with Gasteiger partial charge >= 0.3 is 0 Å². The van der Waals surface area contributed by atoms with E-state index >= 15 is 0 Å². The normalized spacial score (nSPS) is 16.7. The smallest absolute Gasteiger partial charge is 0.246 e. The van der Waals surface area contributed by atoms with E-state index < -0.39 is 23.6 Å². The number of carbonyl (C=O) groups excluding carboxylic acids is 4. The molecule has 12 nitrogen and oxygen atoms in total. The maximum absolute atomic E-state index is 13.9. The minimum absolute atomic E-state index is 0. The number of ether oxygens (including phenoxy) is 1. The first kappa shape index (κ1) is 43.4. The first-order chi connectivity index (χ1) is 24.7. The van der Waals surface area contributed by atoms with Crippen molar-refractivity contribution in [2.75, 3.05) is 13.2 Å². The monoisotopic (exact) mass is 770 g/mol. The quantitative estimate of drug-likeness (QED) is 0.118. The highest BCUT2D eigenvalue weighted by Crippen LogP contribution is 2.28. The van der Waals surface area contributed by atoms with Crippen LogP contribution in [0, 0.1) is 12.3 Å². The summed E-state index contributed by atoms with van der Waals surface area (Å²) in [5.41, 5.74) is 16.4. The molecule has 3 aromatic rings. The van der Waals surface area contributed by atoms with Gasteiger partial charge in [-0.15, -0.1) is 23.7 Å². The SMILES string of the molecule is Cc1ncsc1-c1ccc(CNC(=O)[C@@H]2C[C@@H](O)CN2C(=O)[C@@H](NC(=O)CCCCCc2cccc(OC[C@@H](N)CCC(N)=O)c2)C(C)(C)C)cc1.Cl. The molecule has 290 valence electrons. The van der Waals surface area contributed by atoms with E-state index in [2.05, 4.69) is 15.6 Å². The van der Waals surface area contributed by atoms with Crippen LogP contribution in [0.3, 0.4) is 0 Å². The number of benzene rings is 2. The zero-order chi connectivity index (χ0) is 37.8. The molecule has 4 rings (SSSR count). The standard InChI is InChI=1S/C39H54N6O6S.ClH/c1-25-35(52-24-43-25)28-15-13-27(14-16-28)21-42-37(49)32-20-30(46)22-45(32)38(50)36(39(2,3)4)44-34(48)12-7-5-6-9-26-10-8-11-31(19-26)51-23-29(40)17-18-33(41)47;/h8,10-11,13-16,19,24,29-30,32,36,46H,5-7,9,12,17-18,20-23,40H2,1-4H3,(H2,41,47)(H,42,49)(H,44,48);1H/t29-,30+,32-,36+;/m0./s1. The first-order valence-electron chi connectivity index (χ1n) is 18.0. The molecule has 0 radical (unpaired) electrons. The third-order valence-electron chi connectivity index (χ3n) is 9.20. The highest BCUT2D eigenvalue weighted by molar-refractivity contribution is 7.13. The van der Waals surface area contributed by atoms with Gasteiger partial charge in [-0.2, -0.15) is 0 Å². The summed E-state index contributed by atoms with van der Waals surface area (Å²) >= 11 is 1.58. The van der Waals surface area contributed by atoms with E-state index in [9.17, 15) is 24.3 Å². The molecule has 1 aliphatic rings. The summed E-state index contributed by atoms with van der Waals surface area (Å²) in [6.45, 7) is 8.20. The van der Waals surface area contributed by atoms with Crippen LogP contribution in [0.25, 0.3) is 10.4 Å². The number of β-amino-alcohol motifs (C(OH)–C–C–N with tert-alkyl or cyclic N) is 1. The Morgan fingerprint density at radius 1 is 1.06 bits per heavy atom. The molecule has 2 heterocycles. The second-order valence-corrected chi connectivity index (χ2v) is 15.6. The number of aromatic nitrogens is 1. The van der Waals surface area contributed by atoms with Crippen molar-refractivity contribution in [1.29, 1.82) is 0 Å². The number of aliphatic hydroxyl groups is 1. The Bertz CT molecular complexity index is 1660. The second kappa shape index (κ2) is 20.4. The summed E-state index contributed by atoms with van der Waals surface area (Å²) in [7, 11) is 0. The average Bonchev–Trinajstić information content (AvgIpc) is 3.72. The maximum Gasteiger partial charge on any atom is 0.246 e. The number of hydrogen-bond donors (Lipinski definition) is 5. The van der Waals surface area contributed by atoms with Crippen LogP contribution >= 0.6 is 23.7 Å². The van der Waals surface area contributed by atoms with Crippen molar-refractivity contribution in [2.45, 2.75) is 110 Å². The Hall–Kier alpha value is -4.04. The van der Waals surface area contributed by atoms with Crippen molar-refractivity contribution in [2.24, 2.45) is 16.9 Å². The number of carbonyl (C=O) groups is 4. The molecule has 0 bridgehead atoms. The topological polar surface area (TPSA) is 190 Å². The summed E-state index contributed by atoms with van der Waals surface area (Å²) in [6, 6.07) is 13.7. The molecule has 4 amide bonds. The van der Waals surface area contributed by atoms with Gasteiger partial charge in [0.1, 0.15) is 24.4 Å². The summed E-state index contributed by atoms with van der Waals surface area (Å²) in [6.07, 6.45) is 3.41. The van der Waals surface area contributed by atoms with E-state index in [0.29, 0.717) is 25.2 Å². The second-order valence-electron chi connectivity index (χ2n) is 14.7.